The molecular weight excluding hydrogens is 395 g/mol. The number of anilines is 1. The molecule has 27 heavy (non-hydrogen) atoms. The lowest BCUT2D eigenvalue weighted by Gasteiger charge is -2.16. The summed E-state index contributed by atoms with van der Waals surface area (Å²) in [5, 5.41) is 3.08. The fourth-order valence-electron chi connectivity index (χ4n) is 2.49. The average Bonchev–Trinajstić information content (AvgIpc) is 2.66. The van der Waals surface area contributed by atoms with Gasteiger partial charge in [-0.25, -0.2) is 0 Å². The molecule has 0 aliphatic heterocycles. The third-order valence-electron chi connectivity index (χ3n) is 3.79. The summed E-state index contributed by atoms with van der Waals surface area (Å²) < 4.78 is 21.2. The first kappa shape index (κ1) is 22.5. The summed E-state index contributed by atoms with van der Waals surface area (Å²) in [4.78, 5) is 12.6. The zero-order chi connectivity index (χ0) is 19.3. The Kier molecular flexibility index (Phi) is 8.33. The highest BCUT2D eigenvalue weighted by atomic mass is 35.5. The van der Waals surface area contributed by atoms with E-state index in [4.69, 9.17) is 36.3 Å². The topological polar surface area (TPSA) is 92.0 Å². The number of rotatable bonds is 7. The number of hydrogen-bond donors (Lipinski definition) is 2. The smallest absolute Gasteiger partial charge is 0.255 e. The number of nitrogens with one attached hydrogen (secondary N) is 1. The molecule has 0 aromatic heterocycles. The van der Waals surface area contributed by atoms with E-state index < -0.39 is 0 Å². The van der Waals surface area contributed by atoms with E-state index in [1.54, 1.807) is 12.1 Å². The number of nitrogens with two attached hydrogens (primary N) is 1. The molecular formula is C18H22Cl2N2O5. The van der Waals surface area contributed by atoms with Crippen molar-refractivity contribution >= 4 is 35.6 Å². The molecule has 9 heteroatoms. The Morgan fingerprint density at radius 2 is 1.63 bits per heavy atom. The van der Waals surface area contributed by atoms with Crippen molar-refractivity contribution in [3.8, 4) is 23.0 Å². The summed E-state index contributed by atoms with van der Waals surface area (Å²) in [6, 6.07) is 6.50. The highest BCUT2D eigenvalue weighted by Gasteiger charge is 2.18. The number of hydrogen-bond acceptors (Lipinski definition) is 6. The van der Waals surface area contributed by atoms with Gasteiger partial charge in [0, 0.05) is 18.2 Å². The van der Waals surface area contributed by atoms with E-state index in [9.17, 15) is 4.79 Å². The van der Waals surface area contributed by atoms with E-state index in [-0.39, 0.29) is 35.4 Å². The molecule has 2 rings (SSSR count). The summed E-state index contributed by atoms with van der Waals surface area (Å²) in [5.41, 5.74) is 7.08. The van der Waals surface area contributed by atoms with Crippen LogP contribution in [-0.2, 0) is 6.54 Å². The molecule has 0 heterocycles. The van der Waals surface area contributed by atoms with Gasteiger partial charge in [-0.2, -0.15) is 0 Å². The molecule has 148 valence electrons. The molecule has 3 N–H and O–H groups in total. The van der Waals surface area contributed by atoms with Crippen LogP contribution in [0.5, 0.6) is 23.0 Å². The van der Waals surface area contributed by atoms with Crippen LogP contribution in [0, 0.1) is 0 Å². The van der Waals surface area contributed by atoms with Crippen molar-refractivity contribution in [1.29, 1.82) is 0 Å². The van der Waals surface area contributed by atoms with Crippen LogP contribution in [0.1, 0.15) is 15.9 Å². The summed E-state index contributed by atoms with van der Waals surface area (Å²) in [7, 11) is 6.03. The second-order valence-corrected chi connectivity index (χ2v) is 5.66. The van der Waals surface area contributed by atoms with Gasteiger partial charge in [-0.15, -0.1) is 12.4 Å². The highest BCUT2D eigenvalue weighted by Crippen LogP contribution is 2.39. The maximum atomic E-state index is 12.6. The predicted octanol–water partition coefficient (Wildman–Crippen LogP) is 3.31. The quantitative estimate of drug-likeness (QED) is 0.672. The van der Waals surface area contributed by atoms with Crippen molar-refractivity contribution in [2.75, 3.05) is 34.2 Å². The van der Waals surface area contributed by atoms with Crippen molar-refractivity contribution in [2.45, 2.75) is 6.54 Å². The zero-order valence-corrected chi connectivity index (χ0v) is 17.0. The Balaban J connectivity index is 0.00000364. The van der Waals surface area contributed by atoms with E-state index in [0.717, 1.165) is 5.56 Å². The van der Waals surface area contributed by atoms with E-state index >= 15 is 0 Å². The summed E-state index contributed by atoms with van der Waals surface area (Å²) in [5.74, 6) is 1.44. The minimum atomic E-state index is -0.361. The maximum Gasteiger partial charge on any atom is 0.255 e. The Morgan fingerprint density at radius 1 is 1.00 bits per heavy atom. The molecule has 0 bridgehead atoms. The molecule has 0 saturated heterocycles. The second-order valence-electron chi connectivity index (χ2n) is 5.25. The number of methoxy groups -OCH3 is 4. The van der Waals surface area contributed by atoms with Gasteiger partial charge >= 0.3 is 0 Å². The minimum Gasteiger partial charge on any atom is -0.496 e. The molecule has 0 atom stereocenters. The van der Waals surface area contributed by atoms with Crippen LogP contribution in [0.3, 0.4) is 0 Å². The first-order valence-electron chi connectivity index (χ1n) is 7.65. The van der Waals surface area contributed by atoms with Gasteiger partial charge < -0.3 is 30.0 Å². The van der Waals surface area contributed by atoms with Crippen LogP contribution in [0.2, 0.25) is 5.02 Å². The first-order valence-corrected chi connectivity index (χ1v) is 8.03. The number of halogens is 2. The third-order valence-corrected chi connectivity index (χ3v) is 4.12. The molecule has 0 radical (unpaired) electrons. The molecule has 2 aromatic rings. The van der Waals surface area contributed by atoms with Crippen LogP contribution >= 0.6 is 24.0 Å². The van der Waals surface area contributed by atoms with E-state index in [0.29, 0.717) is 28.7 Å². The number of nitrogen functional groups attached to an aromatic ring is 1. The van der Waals surface area contributed by atoms with Gasteiger partial charge in [0.1, 0.15) is 5.75 Å². The predicted molar refractivity (Wildman–Crippen MR) is 107 cm³/mol. The molecule has 2 aromatic carbocycles. The maximum absolute atomic E-state index is 12.6. The fraction of sp³-hybridized carbons (Fsp3) is 0.278. The van der Waals surface area contributed by atoms with Crippen molar-refractivity contribution in [3.63, 3.8) is 0 Å². The average molecular weight is 417 g/mol. The van der Waals surface area contributed by atoms with Gasteiger partial charge in [0.05, 0.1) is 44.7 Å². The van der Waals surface area contributed by atoms with Crippen molar-refractivity contribution in [2.24, 2.45) is 0 Å². The molecule has 0 unspecified atom stereocenters. The first-order chi connectivity index (χ1) is 12.5. The van der Waals surface area contributed by atoms with Crippen LogP contribution in [0.25, 0.3) is 0 Å². The summed E-state index contributed by atoms with van der Waals surface area (Å²) >= 11 is 6.01. The molecule has 1 amide bonds. The van der Waals surface area contributed by atoms with Gasteiger partial charge in [0.2, 0.25) is 5.75 Å². The lowest BCUT2D eigenvalue weighted by Crippen LogP contribution is -2.24. The second kappa shape index (κ2) is 9.99. The third kappa shape index (κ3) is 4.81. The number of amides is 1. The molecule has 0 saturated carbocycles. The molecule has 7 nitrogen and oxygen atoms in total. The van der Waals surface area contributed by atoms with Gasteiger partial charge in [0.25, 0.3) is 5.91 Å². The van der Waals surface area contributed by atoms with Gasteiger partial charge in [0.15, 0.2) is 11.5 Å². The van der Waals surface area contributed by atoms with Crippen molar-refractivity contribution in [3.05, 3.63) is 40.4 Å². The van der Waals surface area contributed by atoms with E-state index in [1.807, 2.05) is 0 Å². The van der Waals surface area contributed by atoms with Crippen LogP contribution in [0.4, 0.5) is 5.69 Å². The SMILES string of the molecule is COc1cc(N)c(Cl)cc1C(=O)NCc1ccc(OC)c(OC)c1OC.Cl. The minimum absolute atomic E-state index is 0. The van der Waals surface area contributed by atoms with Crippen molar-refractivity contribution < 1.29 is 23.7 Å². The number of carbonyl (C=O) groups is 1. The van der Waals surface area contributed by atoms with Crippen LogP contribution in [0.15, 0.2) is 24.3 Å². The monoisotopic (exact) mass is 416 g/mol. The largest absolute Gasteiger partial charge is 0.496 e. The Morgan fingerprint density at radius 3 is 2.19 bits per heavy atom. The number of ether oxygens (including phenoxy) is 4. The normalized spacial score (nSPS) is 9.81. The standard InChI is InChI=1S/C18H21ClN2O5.ClH/c1-23-14-6-5-10(16(25-3)17(14)26-4)9-21-18(22)11-7-12(19)13(20)8-15(11)24-2;/h5-8H,9,20H2,1-4H3,(H,21,22);1H. The van der Waals surface area contributed by atoms with Crippen molar-refractivity contribution in [1.82, 2.24) is 5.32 Å². The van der Waals surface area contributed by atoms with Gasteiger partial charge in [-0.05, 0) is 18.2 Å². The van der Waals surface area contributed by atoms with Gasteiger partial charge in [-0.3, -0.25) is 4.79 Å². The zero-order valence-electron chi connectivity index (χ0n) is 15.4. The lowest BCUT2D eigenvalue weighted by atomic mass is 10.1. The molecule has 0 aliphatic carbocycles. The number of benzene rings is 2. The molecule has 0 spiro atoms. The number of carbonyl (C=O) groups excluding carboxylic acids is 1. The van der Waals surface area contributed by atoms with E-state index in [1.165, 1.54) is 40.6 Å². The highest BCUT2D eigenvalue weighted by molar-refractivity contribution is 6.33. The summed E-state index contributed by atoms with van der Waals surface area (Å²) in [6.45, 7) is 0.202. The Labute approximate surface area is 169 Å². The van der Waals surface area contributed by atoms with Gasteiger partial charge in [-0.1, -0.05) is 11.6 Å². The van der Waals surface area contributed by atoms with E-state index in [2.05, 4.69) is 5.32 Å². The van der Waals surface area contributed by atoms with Crippen LogP contribution in [-0.4, -0.2) is 34.3 Å². The fourth-order valence-corrected chi connectivity index (χ4v) is 2.65. The molecule has 0 fully saturated rings. The molecule has 0 aliphatic rings. The summed E-state index contributed by atoms with van der Waals surface area (Å²) in [6.07, 6.45) is 0. The Hall–Kier alpha value is -2.51. The Bertz CT molecular complexity index is 815. The lowest BCUT2D eigenvalue weighted by molar-refractivity contribution is 0.0947. The van der Waals surface area contributed by atoms with Crippen LogP contribution < -0.4 is 30.0 Å².